The first kappa shape index (κ1) is 12.8. The van der Waals surface area contributed by atoms with Crippen molar-refractivity contribution < 1.29 is 9.90 Å². The molecule has 2 aromatic heterocycles. The lowest BCUT2D eigenvalue weighted by molar-refractivity contribution is 0.0696. The largest absolute Gasteiger partial charge is 0.478 e. The summed E-state index contributed by atoms with van der Waals surface area (Å²) in [6, 6.07) is 3.15. The zero-order chi connectivity index (χ0) is 13.9. The number of hydrogen-bond donors (Lipinski definition) is 1. The van der Waals surface area contributed by atoms with Crippen molar-refractivity contribution in [2.45, 2.75) is 26.1 Å². The first-order valence-corrected chi connectivity index (χ1v) is 6.63. The predicted octanol–water partition coefficient (Wildman–Crippen LogP) is 1.38. The fourth-order valence-electron chi connectivity index (χ4n) is 2.50. The molecule has 0 radical (unpaired) electrons. The molecule has 104 valence electrons. The molecule has 0 bridgehead atoms. The number of fused-ring (bicyclic) bond motifs is 1. The van der Waals surface area contributed by atoms with Crippen LogP contribution in [0.2, 0.25) is 0 Å². The zero-order valence-corrected chi connectivity index (χ0v) is 11.1. The van der Waals surface area contributed by atoms with Crippen LogP contribution in [0.4, 0.5) is 0 Å². The summed E-state index contributed by atoms with van der Waals surface area (Å²) >= 11 is 0. The molecule has 1 aliphatic rings. The first-order valence-electron chi connectivity index (χ1n) is 6.63. The number of rotatable bonds is 3. The number of aryl methyl sites for hydroxylation is 1. The quantitative estimate of drug-likeness (QED) is 0.914. The van der Waals surface area contributed by atoms with Crippen LogP contribution < -0.4 is 0 Å². The van der Waals surface area contributed by atoms with Crippen LogP contribution in [0.5, 0.6) is 0 Å². The Morgan fingerprint density at radius 1 is 1.30 bits per heavy atom. The van der Waals surface area contributed by atoms with Crippen molar-refractivity contribution in [3.05, 3.63) is 47.8 Å². The summed E-state index contributed by atoms with van der Waals surface area (Å²) < 4.78 is 2.17. The Morgan fingerprint density at radius 2 is 2.20 bits per heavy atom. The van der Waals surface area contributed by atoms with Crippen LogP contribution in [-0.4, -0.2) is 37.1 Å². The van der Waals surface area contributed by atoms with Gasteiger partial charge in [0.15, 0.2) is 0 Å². The lowest BCUT2D eigenvalue weighted by Crippen LogP contribution is -2.23. The van der Waals surface area contributed by atoms with Crippen molar-refractivity contribution in [3.63, 3.8) is 0 Å². The Balaban J connectivity index is 1.74. The average molecular weight is 272 g/mol. The van der Waals surface area contributed by atoms with Gasteiger partial charge in [0.25, 0.3) is 0 Å². The van der Waals surface area contributed by atoms with Gasteiger partial charge >= 0.3 is 5.97 Å². The second-order valence-corrected chi connectivity index (χ2v) is 4.94. The van der Waals surface area contributed by atoms with Crippen molar-refractivity contribution >= 4 is 5.97 Å². The molecule has 0 amide bonds. The average Bonchev–Trinajstić information content (AvgIpc) is 2.78. The fraction of sp³-hybridized carbons (Fsp3) is 0.357. The van der Waals surface area contributed by atoms with Gasteiger partial charge in [-0.2, -0.15) is 0 Å². The topological polar surface area (TPSA) is 71.2 Å². The third kappa shape index (κ3) is 2.70. The van der Waals surface area contributed by atoms with Crippen molar-refractivity contribution in [1.82, 2.24) is 19.4 Å². The summed E-state index contributed by atoms with van der Waals surface area (Å²) in [6.45, 7) is 3.36. The van der Waals surface area contributed by atoms with Crippen LogP contribution in [0.25, 0.3) is 0 Å². The molecule has 1 N–H and O–H groups in total. The number of aromatic nitrogens is 3. The van der Waals surface area contributed by atoms with Crippen LogP contribution in [0.15, 0.2) is 30.7 Å². The number of pyridine rings is 1. The maximum absolute atomic E-state index is 11.0. The minimum Gasteiger partial charge on any atom is -0.478 e. The summed E-state index contributed by atoms with van der Waals surface area (Å²) in [5.41, 5.74) is 1.07. The molecule has 3 heterocycles. The number of carbonyl (C=O) groups is 1. The van der Waals surface area contributed by atoms with Crippen molar-refractivity contribution in [2.75, 3.05) is 6.54 Å². The lowest BCUT2D eigenvalue weighted by Gasteiger charge is -2.18. The molecule has 0 aliphatic carbocycles. The van der Waals surface area contributed by atoms with Gasteiger partial charge in [-0.1, -0.05) is 0 Å². The third-order valence-electron chi connectivity index (χ3n) is 3.49. The Labute approximate surface area is 116 Å². The summed E-state index contributed by atoms with van der Waals surface area (Å²) in [6.07, 6.45) is 6.43. The van der Waals surface area contributed by atoms with Gasteiger partial charge < -0.3 is 9.67 Å². The Morgan fingerprint density at radius 3 is 3.05 bits per heavy atom. The number of nitrogens with zero attached hydrogens (tertiary/aromatic N) is 4. The molecule has 0 spiro atoms. The van der Waals surface area contributed by atoms with Crippen LogP contribution in [-0.2, 0) is 19.6 Å². The maximum atomic E-state index is 11.0. The summed E-state index contributed by atoms with van der Waals surface area (Å²) in [4.78, 5) is 21.8. The number of hydrogen-bond acceptors (Lipinski definition) is 4. The van der Waals surface area contributed by atoms with Gasteiger partial charge in [0.2, 0.25) is 0 Å². The highest BCUT2D eigenvalue weighted by Gasteiger charge is 2.16. The van der Waals surface area contributed by atoms with Crippen molar-refractivity contribution in [3.8, 4) is 0 Å². The highest BCUT2D eigenvalue weighted by Crippen LogP contribution is 2.13. The molecular weight excluding hydrogens is 256 g/mol. The van der Waals surface area contributed by atoms with Crippen LogP contribution >= 0.6 is 0 Å². The van der Waals surface area contributed by atoms with Gasteiger partial charge in [0.05, 0.1) is 17.8 Å². The molecule has 0 saturated heterocycles. The van der Waals surface area contributed by atoms with Crippen LogP contribution in [0.1, 0.15) is 28.3 Å². The van der Waals surface area contributed by atoms with E-state index in [0.29, 0.717) is 6.54 Å². The predicted molar refractivity (Wildman–Crippen MR) is 72.2 cm³/mol. The molecule has 0 fully saturated rings. The fourth-order valence-corrected chi connectivity index (χ4v) is 2.50. The second-order valence-electron chi connectivity index (χ2n) is 4.94. The number of aromatic carboxylic acids is 1. The van der Waals surface area contributed by atoms with E-state index in [1.165, 1.54) is 6.07 Å². The monoisotopic (exact) mass is 272 g/mol. The van der Waals surface area contributed by atoms with E-state index in [1.54, 1.807) is 12.3 Å². The summed E-state index contributed by atoms with van der Waals surface area (Å²) in [5.74, 6) is 0.136. The van der Waals surface area contributed by atoms with Crippen LogP contribution in [0, 0.1) is 0 Å². The van der Waals surface area contributed by atoms with Gasteiger partial charge in [0, 0.05) is 38.2 Å². The normalized spacial score (nSPS) is 15.6. The zero-order valence-electron chi connectivity index (χ0n) is 11.1. The highest BCUT2D eigenvalue weighted by atomic mass is 16.4. The summed E-state index contributed by atoms with van der Waals surface area (Å²) in [7, 11) is 0. The van der Waals surface area contributed by atoms with Gasteiger partial charge in [-0.25, -0.2) is 9.78 Å². The molecule has 6 nitrogen and oxygen atoms in total. The van der Waals surface area contributed by atoms with E-state index in [2.05, 4.69) is 19.4 Å². The van der Waals surface area contributed by atoms with Gasteiger partial charge in [-0.05, 0) is 18.6 Å². The van der Waals surface area contributed by atoms with E-state index in [9.17, 15) is 4.79 Å². The molecule has 2 aromatic rings. The molecular formula is C14H16N4O2. The Hall–Kier alpha value is -2.21. The number of carboxylic acids is 1. The molecule has 0 unspecified atom stereocenters. The Bertz CT molecular complexity index is 623. The molecule has 20 heavy (non-hydrogen) atoms. The summed E-state index contributed by atoms with van der Waals surface area (Å²) in [5, 5.41) is 9.01. The van der Waals surface area contributed by atoms with Crippen molar-refractivity contribution in [2.24, 2.45) is 0 Å². The van der Waals surface area contributed by atoms with E-state index in [0.717, 1.165) is 37.6 Å². The Kier molecular flexibility index (Phi) is 3.47. The van der Waals surface area contributed by atoms with Crippen LogP contribution in [0.3, 0.4) is 0 Å². The lowest BCUT2D eigenvalue weighted by atomic mass is 10.2. The van der Waals surface area contributed by atoms with E-state index >= 15 is 0 Å². The SMILES string of the molecule is O=C(O)c1ccnc(CN2CCCn3ccnc3C2)c1. The molecule has 6 heteroatoms. The molecule has 0 atom stereocenters. The first-order chi connectivity index (χ1) is 9.72. The second kappa shape index (κ2) is 5.42. The smallest absolute Gasteiger partial charge is 0.335 e. The minimum atomic E-state index is -0.917. The van der Waals surface area contributed by atoms with Gasteiger partial charge in [-0.15, -0.1) is 0 Å². The van der Waals surface area contributed by atoms with Gasteiger partial charge in [-0.3, -0.25) is 9.88 Å². The van der Waals surface area contributed by atoms with E-state index in [-0.39, 0.29) is 5.56 Å². The number of carboxylic acid groups (broad SMARTS) is 1. The minimum absolute atomic E-state index is 0.284. The molecule has 0 saturated carbocycles. The highest BCUT2D eigenvalue weighted by molar-refractivity contribution is 5.87. The molecule has 1 aliphatic heterocycles. The van der Waals surface area contributed by atoms with E-state index < -0.39 is 5.97 Å². The van der Waals surface area contributed by atoms with Gasteiger partial charge in [0.1, 0.15) is 5.82 Å². The molecule has 0 aromatic carbocycles. The van der Waals surface area contributed by atoms with E-state index in [1.807, 2.05) is 12.4 Å². The third-order valence-corrected chi connectivity index (χ3v) is 3.49. The standard InChI is InChI=1S/C14H16N4O2/c19-14(20)11-2-3-15-12(8-11)9-17-5-1-6-18-7-4-16-13(18)10-17/h2-4,7-8H,1,5-6,9-10H2,(H,19,20). The van der Waals surface area contributed by atoms with E-state index in [4.69, 9.17) is 5.11 Å². The maximum Gasteiger partial charge on any atom is 0.335 e. The number of imidazole rings is 1. The molecule has 3 rings (SSSR count). The van der Waals surface area contributed by atoms with Crippen molar-refractivity contribution in [1.29, 1.82) is 0 Å².